The molecule has 0 aliphatic heterocycles. The molecule has 1 aromatic carbocycles. The SMILES string of the molecule is O=C([O-])COc1ccccc1/C=N\Nc1ncc(C(F)(F)F)cc1Cl. The van der Waals surface area contributed by atoms with Gasteiger partial charge in [-0.25, -0.2) is 4.98 Å². The highest BCUT2D eigenvalue weighted by Gasteiger charge is 2.31. The molecule has 0 amide bonds. The molecule has 25 heavy (non-hydrogen) atoms. The summed E-state index contributed by atoms with van der Waals surface area (Å²) in [6.45, 7) is -0.634. The van der Waals surface area contributed by atoms with Gasteiger partial charge in [0.15, 0.2) is 5.82 Å². The maximum absolute atomic E-state index is 12.5. The first-order valence-electron chi connectivity index (χ1n) is 6.71. The molecule has 0 saturated heterocycles. The van der Waals surface area contributed by atoms with Crippen molar-refractivity contribution < 1.29 is 27.8 Å². The number of hydrogen-bond donors (Lipinski definition) is 1. The van der Waals surface area contributed by atoms with E-state index in [9.17, 15) is 23.1 Å². The summed E-state index contributed by atoms with van der Waals surface area (Å²) in [5, 5.41) is 14.0. The fraction of sp³-hybridized carbons (Fsp3) is 0.133. The van der Waals surface area contributed by atoms with Crippen molar-refractivity contribution in [2.75, 3.05) is 12.0 Å². The van der Waals surface area contributed by atoms with Crippen LogP contribution < -0.4 is 15.3 Å². The molecule has 2 rings (SSSR count). The molecular formula is C15H10ClF3N3O3-. The number of halogens is 4. The number of carboxylic acids is 1. The van der Waals surface area contributed by atoms with Crippen molar-refractivity contribution in [2.45, 2.75) is 6.18 Å². The number of alkyl halides is 3. The van der Waals surface area contributed by atoms with Crippen molar-refractivity contribution in [2.24, 2.45) is 5.10 Å². The third-order valence-corrected chi connectivity index (χ3v) is 3.10. The van der Waals surface area contributed by atoms with Crippen molar-refractivity contribution in [1.82, 2.24) is 4.98 Å². The largest absolute Gasteiger partial charge is 0.546 e. The molecule has 2 aromatic rings. The quantitative estimate of drug-likeness (QED) is 0.621. The van der Waals surface area contributed by atoms with Crippen LogP contribution >= 0.6 is 11.6 Å². The summed E-state index contributed by atoms with van der Waals surface area (Å²) in [5.41, 5.74) is 1.86. The molecule has 1 N–H and O–H groups in total. The van der Waals surface area contributed by atoms with Gasteiger partial charge in [0.1, 0.15) is 12.4 Å². The zero-order chi connectivity index (χ0) is 18.4. The normalized spacial score (nSPS) is 11.5. The number of pyridine rings is 1. The Morgan fingerprint density at radius 1 is 1.40 bits per heavy atom. The predicted molar refractivity (Wildman–Crippen MR) is 82.4 cm³/mol. The van der Waals surface area contributed by atoms with Gasteiger partial charge in [-0.15, -0.1) is 0 Å². The molecular weight excluding hydrogens is 363 g/mol. The summed E-state index contributed by atoms with van der Waals surface area (Å²) in [5.74, 6) is -1.21. The minimum Gasteiger partial charge on any atom is -0.546 e. The van der Waals surface area contributed by atoms with Gasteiger partial charge in [-0.05, 0) is 18.2 Å². The number of ether oxygens (including phenoxy) is 1. The van der Waals surface area contributed by atoms with Crippen LogP contribution in [0.5, 0.6) is 5.75 Å². The second-order valence-electron chi connectivity index (χ2n) is 4.62. The smallest absolute Gasteiger partial charge is 0.417 e. The average Bonchev–Trinajstić information content (AvgIpc) is 2.54. The Labute approximate surface area is 144 Å². The number of carbonyl (C=O) groups excluding carboxylic acids is 1. The Balaban J connectivity index is 2.10. The van der Waals surface area contributed by atoms with E-state index in [1.54, 1.807) is 18.2 Å². The van der Waals surface area contributed by atoms with E-state index < -0.39 is 24.3 Å². The lowest BCUT2D eigenvalue weighted by Crippen LogP contribution is -2.29. The van der Waals surface area contributed by atoms with Gasteiger partial charge in [0.2, 0.25) is 0 Å². The van der Waals surface area contributed by atoms with Gasteiger partial charge in [0.25, 0.3) is 0 Å². The van der Waals surface area contributed by atoms with Crippen LogP contribution in [0.2, 0.25) is 5.02 Å². The number of para-hydroxylation sites is 1. The molecule has 0 fully saturated rings. The molecule has 6 nitrogen and oxygen atoms in total. The second-order valence-corrected chi connectivity index (χ2v) is 5.03. The molecule has 0 bridgehead atoms. The molecule has 0 spiro atoms. The minimum atomic E-state index is -4.55. The molecule has 0 aliphatic carbocycles. The van der Waals surface area contributed by atoms with Crippen molar-refractivity contribution in [3.05, 3.63) is 52.7 Å². The fourth-order valence-corrected chi connectivity index (χ4v) is 1.90. The molecule has 10 heteroatoms. The van der Waals surface area contributed by atoms with Gasteiger partial charge in [0, 0.05) is 11.8 Å². The number of carbonyl (C=O) groups is 1. The zero-order valence-corrected chi connectivity index (χ0v) is 13.1. The molecule has 0 unspecified atom stereocenters. The molecule has 132 valence electrons. The van der Waals surface area contributed by atoms with E-state index in [0.29, 0.717) is 11.8 Å². The van der Waals surface area contributed by atoms with Crippen LogP contribution in [0.25, 0.3) is 0 Å². The van der Waals surface area contributed by atoms with Crippen LogP contribution in [-0.2, 0) is 11.0 Å². The van der Waals surface area contributed by atoms with E-state index in [4.69, 9.17) is 16.3 Å². The highest BCUT2D eigenvalue weighted by Crippen LogP contribution is 2.32. The lowest BCUT2D eigenvalue weighted by molar-refractivity contribution is -0.307. The summed E-state index contributed by atoms with van der Waals surface area (Å²) in [6.07, 6.45) is -2.64. The van der Waals surface area contributed by atoms with Crippen molar-refractivity contribution >= 4 is 29.6 Å². The Morgan fingerprint density at radius 2 is 2.12 bits per heavy atom. The number of hydrazone groups is 1. The number of benzene rings is 1. The first-order valence-corrected chi connectivity index (χ1v) is 7.08. The van der Waals surface area contributed by atoms with E-state index >= 15 is 0 Å². The number of rotatable bonds is 6. The molecule has 0 radical (unpaired) electrons. The number of nitrogens with zero attached hydrogens (tertiary/aromatic N) is 2. The van der Waals surface area contributed by atoms with Crippen molar-refractivity contribution in [3.8, 4) is 5.75 Å². The summed E-state index contributed by atoms with van der Waals surface area (Å²) < 4.78 is 42.6. The van der Waals surface area contributed by atoms with Gasteiger partial charge >= 0.3 is 6.18 Å². The standard InChI is InChI=1S/C15H11ClF3N3O3/c16-11-5-10(15(17,18)19)7-20-14(11)22-21-6-9-3-1-2-4-12(9)25-8-13(23)24/h1-7H,8H2,(H,20,22)(H,23,24)/p-1/b21-6-. The highest BCUT2D eigenvalue weighted by atomic mass is 35.5. The Kier molecular flexibility index (Phi) is 5.81. The van der Waals surface area contributed by atoms with Crippen molar-refractivity contribution in [1.29, 1.82) is 0 Å². The van der Waals surface area contributed by atoms with Crippen LogP contribution in [0.4, 0.5) is 19.0 Å². The van der Waals surface area contributed by atoms with Gasteiger partial charge in [-0.3, -0.25) is 5.43 Å². The average molecular weight is 373 g/mol. The summed E-state index contributed by atoms with van der Waals surface area (Å²) in [7, 11) is 0. The lowest BCUT2D eigenvalue weighted by Gasteiger charge is -2.10. The van der Waals surface area contributed by atoms with Gasteiger partial charge < -0.3 is 14.6 Å². The summed E-state index contributed by atoms with van der Waals surface area (Å²) >= 11 is 5.74. The number of aliphatic carboxylic acids is 1. The number of carboxylic acid groups (broad SMARTS) is 1. The topological polar surface area (TPSA) is 86.6 Å². The van der Waals surface area contributed by atoms with E-state index in [0.717, 1.165) is 6.07 Å². The van der Waals surface area contributed by atoms with Crippen LogP contribution in [0.1, 0.15) is 11.1 Å². The number of anilines is 1. The third kappa shape index (κ3) is 5.35. The van der Waals surface area contributed by atoms with E-state index in [1.165, 1.54) is 12.3 Å². The fourth-order valence-electron chi connectivity index (χ4n) is 1.69. The van der Waals surface area contributed by atoms with Gasteiger partial charge in [-0.1, -0.05) is 23.7 Å². The molecule has 0 atom stereocenters. The Morgan fingerprint density at radius 3 is 2.76 bits per heavy atom. The first kappa shape index (κ1) is 18.5. The lowest BCUT2D eigenvalue weighted by atomic mass is 10.2. The Hall–Kier alpha value is -2.81. The number of aromatic nitrogens is 1. The number of nitrogens with one attached hydrogen (secondary N) is 1. The number of hydrogen-bond acceptors (Lipinski definition) is 6. The summed E-state index contributed by atoms with van der Waals surface area (Å²) in [4.78, 5) is 14.0. The maximum Gasteiger partial charge on any atom is 0.417 e. The molecule has 1 aromatic heterocycles. The van der Waals surface area contributed by atoms with Gasteiger partial charge in [0.05, 0.1) is 22.8 Å². The maximum atomic E-state index is 12.5. The predicted octanol–water partition coefficient (Wildman–Crippen LogP) is 2.33. The first-order chi connectivity index (χ1) is 11.8. The van der Waals surface area contributed by atoms with Crippen LogP contribution in [0.15, 0.2) is 41.6 Å². The van der Waals surface area contributed by atoms with E-state index in [-0.39, 0.29) is 16.6 Å². The molecule has 0 aliphatic rings. The minimum absolute atomic E-state index is 0.0703. The van der Waals surface area contributed by atoms with E-state index in [2.05, 4.69) is 15.5 Å². The highest BCUT2D eigenvalue weighted by molar-refractivity contribution is 6.32. The molecule has 0 saturated carbocycles. The van der Waals surface area contributed by atoms with Gasteiger partial charge in [-0.2, -0.15) is 18.3 Å². The van der Waals surface area contributed by atoms with E-state index in [1.807, 2.05) is 0 Å². The third-order valence-electron chi connectivity index (χ3n) is 2.81. The monoisotopic (exact) mass is 372 g/mol. The Bertz CT molecular complexity index is 797. The molecule has 1 heterocycles. The zero-order valence-electron chi connectivity index (χ0n) is 12.4. The van der Waals surface area contributed by atoms with Crippen LogP contribution in [-0.4, -0.2) is 23.8 Å². The second kappa shape index (κ2) is 7.84. The van der Waals surface area contributed by atoms with Crippen LogP contribution in [0, 0.1) is 0 Å². The summed E-state index contributed by atoms with van der Waals surface area (Å²) in [6, 6.07) is 7.13. The van der Waals surface area contributed by atoms with Crippen molar-refractivity contribution in [3.63, 3.8) is 0 Å². The van der Waals surface area contributed by atoms with Crippen LogP contribution in [0.3, 0.4) is 0 Å².